The highest BCUT2D eigenvalue weighted by Crippen LogP contribution is 2.27. The lowest BCUT2D eigenvalue weighted by Gasteiger charge is -2.29. The van der Waals surface area contributed by atoms with Crippen molar-refractivity contribution in [3.8, 4) is 0 Å². The first kappa shape index (κ1) is 17.3. The molecule has 21 heavy (non-hydrogen) atoms. The van der Waals surface area contributed by atoms with E-state index in [0.717, 1.165) is 31.6 Å². The molecule has 0 aromatic heterocycles. The first-order valence-corrected chi connectivity index (χ1v) is 7.50. The van der Waals surface area contributed by atoms with Gasteiger partial charge in [0.15, 0.2) is 0 Å². The van der Waals surface area contributed by atoms with Crippen molar-refractivity contribution in [3.05, 3.63) is 0 Å². The van der Waals surface area contributed by atoms with E-state index in [2.05, 4.69) is 17.6 Å². The van der Waals surface area contributed by atoms with Gasteiger partial charge in [-0.3, -0.25) is 4.79 Å². The van der Waals surface area contributed by atoms with Crippen LogP contribution in [-0.4, -0.2) is 35.1 Å². The van der Waals surface area contributed by atoms with Gasteiger partial charge in [0, 0.05) is 6.04 Å². The molecule has 5 N–H and O–H groups in total. The first-order valence-electron chi connectivity index (χ1n) is 7.50. The van der Waals surface area contributed by atoms with Gasteiger partial charge in [0.1, 0.15) is 6.04 Å². The third kappa shape index (κ3) is 6.46. The van der Waals surface area contributed by atoms with E-state index in [9.17, 15) is 14.4 Å². The number of nitrogens with two attached hydrogens (primary N) is 1. The van der Waals surface area contributed by atoms with E-state index in [-0.39, 0.29) is 6.04 Å². The molecule has 1 atom stereocenters. The van der Waals surface area contributed by atoms with Gasteiger partial charge in [-0.1, -0.05) is 19.8 Å². The Bertz CT molecular complexity index is 378. The molecule has 0 heterocycles. The largest absolute Gasteiger partial charge is 0.480 e. The lowest BCUT2D eigenvalue weighted by Crippen LogP contribution is -2.50. The van der Waals surface area contributed by atoms with E-state index >= 15 is 0 Å². The van der Waals surface area contributed by atoms with Crippen molar-refractivity contribution in [2.45, 2.75) is 64.0 Å². The number of rotatable bonds is 7. The van der Waals surface area contributed by atoms with Crippen LogP contribution in [0.3, 0.4) is 0 Å². The van der Waals surface area contributed by atoms with Crippen LogP contribution in [0.4, 0.5) is 4.79 Å². The molecule has 0 spiro atoms. The zero-order valence-electron chi connectivity index (χ0n) is 12.4. The van der Waals surface area contributed by atoms with E-state index in [1.54, 1.807) is 0 Å². The molecule has 1 unspecified atom stereocenters. The van der Waals surface area contributed by atoms with Crippen molar-refractivity contribution < 1.29 is 19.5 Å². The molecule has 1 rings (SSSR count). The number of hydrogen-bond acceptors (Lipinski definition) is 3. The van der Waals surface area contributed by atoms with Gasteiger partial charge >= 0.3 is 12.0 Å². The molecule has 1 aliphatic carbocycles. The second kappa shape index (κ2) is 8.49. The predicted molar refractivity (Wildman–Crippen MR) is 77.6 cm³/mol. The van der Waals surface area contributed by atoms with Crippen molar-refractivity contribution in [1.29, 1.82) is 0 Å². The number of hydrogen-bond donors (Lipinski definition) is 4. The molecule has 0 bridgehead atoms. The average Bonchev–Trinajstić information content (AvgIpc) is 2.40. The summed E-state index contributed by atoms with van der Waals surface area (Å²) in [6.07, 6.45) is 5.98. The summed E-state index contributed by atoms with van der Waals surface area (Å²) in [7, 11) is 0. The van der Waals surface area contributed by atoms with Gasteiger partial charge in [0.2, 0.25) is 5.91 Å². The Morgan fingerprint density at radius 2 is 1.86 bits per heavy atom. The van der Waals surface area contributed by atoms with Gasteiger partial charge in [-0.2, -0.15) is 0 Å². The summed E-state index contributed by atoms with van der Waals surface area (Å²) in [6, 6.07) is -1.76. The number of carboxylic acids is 1. The van der Waals surface area contributed by atoms with Crippen LogP contribution in [0, 0.1) is 5.92 Å². The maximum atomic E-state index is 11.8. The van der Waals surface area contributed by atoms with Crippen LogP contribution in [0.2, 0.25) is 0 Å². The van der Waals surface area contributed by atoms with Gasteiger partial charge in [-0.15, -0.1) is 0 Å². The van der Waals surface area contributed by atoms with Crippen LogP contribution in [0.25, 0.3) is 0 Å². The number of nitrogens with one attached hydrogen (secondary N) is 2. The molecule has 0 radical (unpaired) electrons. The summed E-state index contributed by atoms with van der Waals surface area (Å²) in [6.45, 7) is 2.17. The van der Waals surface area contributed by atoms with Crippen LogP contribution in [-0.2, 0) is 9.59 Å². The molecular weight excluding hydrogens is 274 g/mol. The van der Waals surface area contributed by atoms with Gasteiger partial charge in [0.25, 0.3) is 0 Å². The standard InChI is InChI=1S/C14H25N3O4/c1-2-3-9-4-6-10(7-5-9)16-14(21)17-11(13(19)20)8-12(15)18/h9-11H,2-8H2,1H3,(H2,15,18)(H,19,20)(H2,16,17,21). The molecule has 1 aliphatic rings. The van der Waals surface area contributed by atoms with E-state index < -0.39 is 30.4 Å². The molecular formula is C14H25N3O4. The molecule has 3 amide bonds. The minimum Gasteiger partial charge on any atom is -0.480 e. The maximum absolute atomic E-state index is 11.8. The Morgan fingerprint density at radius 1 is 1.24 bits per heavy atom. The van der Waals surface area contributed by atoms with E-state index in [4.69, 9.17) is 10.8 Å². The van der Waals surface area contributed by atoms with Crippen LogP contribution >= 0.6 is 0 Å². The van der Waals surface area contributed by atoms with Gasteiger partial charge in [-0.05, 0) is 31.6 Å². The average molecular weight is 299 g/mol. The number of carboxylic acid groups (broad SMARTS) is 1. The fraction of sp³-hybridized carbons (Fsp3) is 0.786. The molecule has 0 aromatic carbocycles. The van der Waals surface area contributed by atoms with E-state index in [1.807, 2.05) is 0 Å². The number of amides is 3. The monoisotopic (exact) mass is 299 g/mol. The van der Waals surface area contributed by atoms with Crippen molar-refractivity contribution in [2.75, 3.05) is 0 Å². The smallest absolute Gasteiger partial charge is 0.326 e. The number of primary amides is 1. The lowest BCUT2D eigenvalue weighted by molar-refractivity contribution is -0.140. The van der Waals surface area contributed by atoms with Crippen molar-refractivity contribution in [2.24, 2.45) is 11.7 Å². The summed E-state index contributed by atoms with van der Waals surface area (Å²) in [5, 5.41) is 14.0. The summed E-state index contributed by atoms with van der Waals surface area (Å²) in [5.41, 5.74) is 4.96. The van der Waals surface area contributed by atoms with Crippen molar-refractivity contribution in [3.63, 3.8) is 0 Å². The Kier molecular flexibility index (Phi) is 6.98. The van der Waals surface area contributed by atoms with Crippen molar-refractivity contribution >= 4 is 17.9 Å². The van der Waals surface area contributed by atoms with Gasteiger partial charge in [-0.25, -0.2) is 9.59 Å². The van der Waals surface area contributed by atoms with Crippen LogP contribution in [0.5, 0.6) is 0 Å². The molecule has 120 valence electrons. The van der Waals surface area contributed by atoms with Crippen LogP contribution in [0.1, 0.15) is 51.9 Å². The highest BCUT2D eigenvalue weighted by molar-refractivity contribution is 5.87. The van der Waals surface area contributed by atoms with Gasteiger partial charge in [0.05, 0.1) is 6.42 Å². The van der Waals surface area contributed by atoms with Crippen molar-refractivity contribution in [1.82, 2.24) is 10.6 Å². The number of aliphatic carboxylic acids is 1. The topological polar surface area (TPSA) is 122 Å². The fourth-order valence-electron chi connectivity index (χ4n) is 2.79. The molecule has 1 fully saturated rings. The second-order valence-electron chi connectivity index (χ2n) is 5.69. The van der Waals surface area contributed by atoms with Gasteiger partial charge < -0.3 is 21.5 Å². The predicted octanol–water partition coefficient (Wildman–Crippen LogP) is 0.973. The highest BCUT2D eigenvalue weighted by Gasteiger charge is 2.25. The minimum atomic E-state index is -1.28. The third-order valence-electron chi connectivity index (χ3n) is 3.89. The third-order valence-corrected chi connectivity index (χ3v) is 3.89. The molecule has 0 aliphatic heterocycles. The normalized spacial score (nSPS) is 23.1. The second-order valence-corrected chi connectivity index (χ2v) is 5.69. The first-order chi connectivity index (χ1) is 9.92. The zero-order valence-corrected chi connectivity index (χ0v) is 12.4. The maximum Gasteiger partial charge on any atom is 0.326 e. The zero-order chi connectivity index (χ0) is 15.8. The Labute approximate surface area is 124 Å². The van der Waals surface area contributed by atoms with E-state index in [0.29, 0.717) is 0 Å². The Hall–Kier alpha value is -1.79. The Balaban J connectivity index is 2.36. The van der Waals surface area contributed by atoms with Crippen LogP contribution < -0.4 is 16.4 Å². The minimum absolute atomic E-state index is 0.0705. The quantitative estimate of drug-likeness (QED) is 0.559. The fourth-order valence-corrected chi connectivity index (χ4v) is 2.79. The molecule has 0 saturated heterocycles. The summed E-state index contributed by atoms with van der Waals surface area (Å²) in [5.74, 6) is -1.30. The number of carbonyl (C=O) groups excluding carboxylic acids is 2. The highest BCUT2D eigenvalue weighted by atomic mass is 16.4. The Morgan fingerprint density at radius 3 is 2.33 bits per heavy atom. The lowest BCUT2D eigenvalue weighted by atomic mass is 9.83. The summed E-state index contributed by atoms with van der Waals surface area (Å²) in [4.78, 5) is 33.5. The molecule has 0 aromatic rings. The molecule has 7 nitrogen and oxygen atoms in total. The summed E-state index contributed by atoms with van der Waals surface area (Å²) >= 11 is 0. The number of carbonyl (C=O) groups is 3. The van der Waals surface area contributed by atoms with E-state index in [1.165, 1.54) is 12.8 Å². The SMILES string of the molecule is CCCC1CCC(NC(=O)NC(CC(N)=O)C(=O)O)CC1. The molecule has 7 heteroatoms. The van der Waals surface area contributed by atoms with Crippen LogP contribution in [0.15, 0.2) is 0 Å². The molecule has 1 saturated carbocycles. The number of urea groups is 1. The summed E-state index contributed by atoms with van der Waals surface area (Å²) < 4.78 is 0.